The zero-order valence-electron chi connectivity index (χ0n) is 34.2. The lowest BCUT2D eigenvalue weighted by Gasteiger charge is -2.33. The molecule has 0 saturated carbocycles. The predicted octanol–water partition coefficient (Wildman–Crippen LogP) is 15.5. The van der Waals surface area contributed by atoms with Crippen LogP contribution in [0.15, 0.2) is 84.9 Å². The molecule has 2 aliphatic carbocycles. The van der Waals surface area contributed by atoms with Crippen molar-refractivity contribution in [3.05, 3.63) is 118 Å². The first kappa shape index (κ1) is 39.7. The first-order chi connectivity index (χ1) is 26.6. The van der Waals surface area contributed by atoms with Gasteiger partial charge in [-0.05, 0) is 106 Å². The summed E-state index contributed by atoms with van der Waals surface area (Å²) in [7, 11) is 0. The molecule has 0 radical (unpaired) electrons. The summed E-state index contributed by atoms with van der Waals surface area (Å²) in [6.07, 6.45) is 25.6. The summed E-state index contributed by atoms with van der Waals surface area (Å²) in [5, 5.41) is 0. The molecule has 0 amide bonds. The maximum atomic E-state index is 3.50. The fraction of sp³-hybridized carbons (Fsp3) is 0.481. The van der Waals surface area contributed by atoms with Gasteiger partial charge in [0, 0.05) is 22.0 Å². The minimum absolute atomic E-state index is 0.0817. The second kappa shape index (κ2) is 19.5. The van der Waals surface area contributed by atoms with Crippen LogP contribution in [-0.2, 0) is 10.8 Å². The van der Waals surface area contributed by atoms with Crippen LogP contribution in [0.1, 0.15) is 189 Å². The van der Waals surface area contributed by atoms with Gasteiger partial charge in [-0.2, -0.15) is 0 Å². The largest absolute Gasteiger partial charge is 0.0654 e. The van der Waals surface area contributed by atoms with Gasteiger partial charge in [-0.3, -0.25) is 0 Å². The zero-order chi connectivity index (χ0) is 37.6. The number of hydrogen-bond acceptors (Lipinski definition) is 0. The van der Waals surface area contributed by atoms with Crippen molar-refractivity contribution in [2.24, 2.45) is 0 Å². The Labute approximate surface area is 330 Å². The summed E-state index contributed by atoms with van der Waals surface area (Å²) in [6, 6.07) is 32.5. The topological polar surface area (TPSA) is 0 Å². The summed E-state index contributed by atoms with van der Waals surface area (Å²) < 4.78 is 0. The molecular formula is C54H66. The lowest BCUT2D eigenvalue weighted by molar-refractivity contribution is 0.401. The van der Waals surface area contributed by atoms with Crippen molar-refractivity contribution in [2.45, 2.75) is 167 Å². The minimum Gasteiger partial charge on any atom is -0.0654 e. The number of unbranched alkanes of at least 4 members (excludes halogenated alkanes) is 12. The number of hydrogen-bond donors (Lipinski definition) is 0. The maximum absolute atomic E-state index is 3.50. The number of benzene rings is 4. The second-order valence-corrected chi connectivity index (χ2v) is 16.5. The van der Waals surface area contributed by atoms with Gasteiger partial charge in [0.05, 0.1) is 0 Å². The first-order valence-corrected chi connectivity index (χ1v) is 22.1. The molecule has 0 aromatic heterocycles. The molecule has 0 fully saturated rings. The van der Waals surface area contributed by atoms with Crippen molar-refractivity contribution in [3.63, 3.8) is 0 Å². The molecule has 0 bridgehead atoms. The molecule has 0 spiro atoms. The lowest BCUT2D eigenvalue weighted by atomic mass is 9.70. The highest BCUT2D eigenvalue weighted by Crippen LogP contribution is 2.55. The second-order valence-electron chi connectivity index (χ2n) is 16.5. The van der Waals surface area contributed by atoms with Crippen LogP contribution < -0.4 is 0 Å². The van der Waals surface area contributed by atoms with Gasteiger partial charge in [0.1, 0.15) is 0 Å². The van der Waals surface area contributed by atoms with Gasteiger partial charge in [-0.15, -0.1) is 0 Å². The van der Waals surface area contributed by atoms with Gasteiger partial charge in [-0.1, -0.05) is 203 Å². The van der Waals surface area contributed by atoms with Gasteiger partial charge >= 0.3 is 0 Å². The molecule has 54 heavy (non-hydrogen) atoms. The van der Waals surface area contributed by atoms with Crippen LogP contribution in [0.25, 0.3) is 22.3 Å². The molecule has 0 N–H and O–H groups in total. The van der Waals surface area contributed by atoms with Crippen LogP contribution >= 0.6 is 0 Å². The molecule has 0 heteroatoms. The molecule has 0 nitrogen and oxygen atoms in total. The molecule has 6 rings (SSSR count). The van der Waals surface area contributed by atoms with Gasteiger partial charge in [0.2, 0.25) is 0 Å². The average Bonchev–Trinajstić information content (AvgIpc) is 3.63. The van der Waals surface area contributed by atoms with E-state index in [0.29, 0.717) is 0 Å². The minimum atomic E-state index is 0.0817. The summed E-state index contributed by atoms with van der Waals surface area (Å²) >= 11 is 0. The van der Waals surface area contributed by atoms with E-state index >= 15 is 0 Å². The highest BCUT2D eigenvalue weighted by Gasteiger charge is 2.43. The van der Waals surface area contributed by atoms with Crippen molar-refractivity contribution in [3.8, 4) is 45.9 Å². The summed E-state index contributed by atoms with van der Waals surface area (Å²) in [4.78, 5) is 0. The van der Waals surface area contributed by atoms with E-state index < -0.39 is 0 Å². The smallest absolute Gasteiger partial charge is 0.0259 e. The van der Waals surface area contributed by atoms with Crippen LogP contribution in [-0.4, -0.2) is 0 Å². The van der Waals surface area contributed by atoms with E-state index in [1.165, 1.54) is 162 Å². The quantitative estimate of drug-likeness (QED) is 0.0631. The van der Waals surface area contributed by atoms with E-state index in [0.717, 1.165) is 11.1 Å². The number of fused-ring (bicyclic) bond motifs is 6. The summed E-state index contributed by atoms with van der Waals surface area (Å²) in [6.45, 7) is 9.26. The Kier molecular flexibility index (Phi) is 14.4. The molecule has 0 saturated heterocycles. The lowest BCUT2D eigenvalue weighted by Crippen LogP contribution is -2.25. The fourth-order valence-corrected chi connectivity index (χ4v) is 10.0. The standard InChI is InChI=1S/C54H66/c1-5-9-13-23-37-53(38-24-14-10-6-2)49-31-21-19-29-45(49)47-35-33-43(41-51(47)53)27-17-18-28-44-34-36-48-46-30-20-22-32-50(46)54(52(48)42-44,39-25-15-11-7-3)40-26-16-12-8-4/h19-22,29-36,41-42H,5-16,23-26,37-40H2,1-4H3. The number of rotatable bonds is 20. The van der Waals surface area contributed by atoms with E-state index in [9.17, 15) is 0 Å². The third kappa shape index (κ3) is 8.61. The third-order valence-electron chi connectivity index (χ3n) is 12.8. The molecule has 0 heterocycles. The SMILES string of the molecule is CCCCCCC1(CCCCCC)c2ccccc2-c2ccc(C#CC#Cc3ccc4c(c3)C(CCCCCC)(CCCCCC)c3ccccc3-4)cc21. The third-order valence-corrected chi connectivity index (χ3v) is 12.8. The zero-order valence-corrected chi connectivity index (χ0v) is 34.2. The monoisotopic (exact) mass is 715 g/mol. The molecule has 0 unspecified atom stereocenters. The summed E-state index contributed by atoms with van der Waals surface area (Å²) in [5.41, 5.74) is 14.1. The summed E-state index contributed by atoms with van der Waals surface area (Å²) in [5.74, 6) is 13.6. The van der Waals surface area contributed by atoms with E-state index in [2.05, 4.69) is 136 Å². The van der Waals surface area contributed by atoms with Crippen molar-refractivity contribution in [1.82, 2.24) is 0 Å². The normalized spacial score (nSPS) is 13.9. The van der Waals surface area contributed by atoms with Crippen molar-refractivity contribution >= 4 is 0 Å². The highest BCUT2D eigenvalue weighted by molar-refractivity contribution is 5.83. The molecular weight excluding hydrogens is 649 g/mol. The van der Waals surface area contributed by atoms with Crippen LogP contribution in [0.4, 0.5) is 0 Å². The average molecular weight is 715 g/mol. The Morgan fingerprint density at radius 3 is 1.04 bits per heavy atom. The molecule has 4 aromatic rings. The molecule has 282 valence electrons. The Balaban J connectivity index is 1.30. The fourth-order valence-electron chi connectivity index (χ4n) is 10.0. The van der Waals surface area contributed by atoms with Gasteiger partial charge in [0.15, 0.2) is 0 Å². The van der Waals surface area contributed by atoms with E-state index in [4.69, 9.17) is 0 Å². The first-order valence-electron chi connectivity index (χ1n) is 22.1. The maximum Gasteiger partial charge on any atom is 0.0259 e. The molecule has 0 aliphatic heterocycles. The van der Waals surface area contributed by atoms with Crippen molar-refractivity contribution < 1.29 is 0 Å². The Hall–Kier alpha value is -4.00. The molecule has 4 aromatic carbocycles. The van der Waals surface area contributed by atoms with Crippen molar-refractivity contribution in [2.75, 3.05) is 0 Å². The van der Waals surface area contributed by atoms with Gasteiger partial charge < -0.3 is 0 Å². The Bertz CT molecular complexity index is 1780. The predicted molar refractivity (Wildman–Crippen MR) is 234 cm³/mol. The van der Waals surface area contributed by atoms with Crippen LogP contribution in [0.2, 0.25) is 0 Å². The van der Waals surface area contributed by atoms with E-state index in [1.807, 2.05) is 0 Å². The Morgan fingerprint density at radius 1 is 0.352 bits per heavy atom. The molecule has 2 aliphatic rings. The van der Waals surface area contributed by atoms with Gasteiger partial charge in [-0.25, -0.2) is 0 Å². The van der Waals surface area contributed by atoms with E-state index in [-0.39, 0.29) is 10.8 Å². The highest BCUT2D eigenvalue weighted by atomic mass is 14.5. The van der Waals surface area contributed by atoms with Crippen molar-refractivity contribution in [1.29, 1.82) is 0 Å². The Morgan fingerprint density at radius 2 is 0.685 bits per heavy atom. The van der Waals surface area contributed by atoms with Crippen LogP contribution in [0.5, 0.6) is 0 Å². The van der Waals surface area contributed by atoms with Crippen LogP contribution in [0, 0.1) is 23.7 Å². The molecule has 0 atom stereocenters. The van der Waals surface area contributed by atoms with Crippen LogP contribution in [0.3, 0.4) is 0 Å². The van der Waals surface area contributed by atoms with E-state index in [1.54, 1.807) is 11.1 Å². The van der Waals surface area contributed by atoms with Gasteiger partial charge in [0.25, 0.3) is 0 Å².